The molecule has 2 aromatic carbocycles. The van der Waals surface area contributed by atoms with E-state index < -0.39 is 9.84 Å². The Morgan fingerprint density at radius 1 is 1.21 bits per heavy atom. The molecule has 0 saturated heterocycles. The fourth-order valence-corrected chi connectivity index (χ4v) is 5.69. The molecule has 2 aromatic rings. The molecular weight excluding hydrogens is 456 g/mol. The number of nitrogens with zero attached hydrogens (tertiary/aromatic N) is 1. The number of carbonyl (C=O) groups excluding carboxylic acids is 2. The van der Waals surface area contributed by atoms with E-state index in [-0.39, 0.29) is 28.9 Å². The standard InChI is InChI=1S/C21H23BrN2O4S/c1-3-15-6-4-5-7-18(15)23-20(26)9-11-29(27,28)19-13-17(22)12-16-8-10-24(14(2)25)21(16)19/h4-7,12-13H,3,8-11H2,1-2H3,(H,23,26). The Labute approximate surface area is 179 Å². The van der Waals surface area contributed by atoms with Crippen molar-refractivity contribution in [2.24, 2.45) is 0 Å². The highest BCUT2D eigenvalue weighted by molar-refractivity contribution is 9.10. The van der Waals surface area contributed by atoms with Crippen LogP contribution in [0.1, 0.15) is 31.4 Å². The van der Waals surface area contributed by atoms with Crippen LogP contribution in [0.3, 0.4) is 0 Å². The molecule has 0 fully saturated rings. The predicted octanol–water partition coefficient (Wildman–Crippen LogP) is 3.72. The summed E-state index contributed by atoms with van der Waals surface area (Å²) in [4.78, 5) is 25.9. The molecule has 0 saturated carbocycles. The third-order valence-electron chi connectivity index (χ3n) is 4.98. The smallest absolute Gasteiger partial charge is 0.225 e. The second kappa shape index (κ2) is 8.67. The summed E-state index contributed by atoms with van der Waals surface area (Å²) in [7, 11) is -3.76. The van der Waals surface area contributed by atoms with E-state index in [4.69, 9.17) is 0 Å². The number of sulfone groups is 1. The molecule has 0 spiro atoms. The van der Waals surface area contributed by atoms with Crippen LogP contribution in [-0.2, 0) is 32.3 Å². The second-order valence-electron chi connectivity index (χ2n) is 6.96. The predicted molar refractivity (Wildman–Crippen MR) is 117 cm³/mol. The molecule has 3 rings (SSSR count). The number of hydrogen-bond donors (Lipinski definition) is 1. The van der Waals surface area contributed by atoms with Crippen molar-refractivity contribution in [3.8, 4) is 0 Å². The van der Waals surface area contributed by atoms with Gasteiger partial charge in [0, 0.05) is 30.0 Å². The number of aryl methyl sites for hydroxylation is 1. The van der Waals surface area contributed by atoms with Gasteiger partial charge in [0.05, 0.1) is 16.3 Å². The molecule has 0 aliphatic carbocycles. The monoisotopic (exact) mass is 478 g/mol. The molecule has 1 heterocycles. The Kier molecular flexibility index (Phi) is 6.43. The van der Waals surface area contributed by atoms with E-state index >= 15 is 0 Å². The van der Waals surface area contributed by atoms with Gasteiger partial charge in [0.15, 0.2) is 9.84 Å². The van der Waals surface area contributed by atoms with Gasteiger partial charge in [-0.15, -0.1) is 0 Å². The van der Waals surface area contributed by atoms with Crippen LogP contribution in [0.25, 0.3) is 0 Å². The van der Waals surface area contributed by atoms with Crippen LogP contribution in [0.4, 0.5) is 11.4 Å². The third kappa shape index (κ3) is 4.70. The molecular formula is C21H23BrN2O4S. The van der Waals surface area contributed by atoms with E-state index in [2.05, 4.69) is 21.2 Å². The lowest BCUT2D eigenvalue weighted by molar-refractivity contribution is -0.117. The topological polar surface area (TPSA) is 83.6 Å². The van der Waals surface area contributed by atoms with Crippen molar-refractivity contribution in [1.82, 2.24) is 0 Å². The number of para-hydroxylation sites is 1. The first-order valence-electron chi connectivity index (χ1n) is 9.44. The van der Waals surface area contributed by atoms with Gasteiger partial charge in [-0.1, -0.05) is 41.1 Å². The van der Waals surface area contributed by atoms with Gasteiger partial charge >= 0.3 is 0 Å². The Morgan fingerprint density at radius 3 is 2.62 bits per heavy atom. The third-order valence-corrected chi connectivity index (χ3v) is 7.16. The average molecular weight is 479 g/mol. The maximum Gasteiger partial charge on any atom is 0.225 e. The van der Waals surface area contributed by atoms with Gasteiger partial charge in [0.25, 0.3) is 0 Å². The molecule has 8 heteroatoms. The number of benzene rings is 2. The van der Waals surface area contributed by atoms with Crippen molar-refractivity contribution < 1.29 is 18.0 Å². The summed E-state index contributed by atoms with van der Waals surface area (Å²) in [5, 5.41) is 2.80. The Bertz CT molecular complexity index is 1070. The van der Waals surface area contributed by atoms with Crippen LogP contribution in [0.2, 0.25) is 0 Å². The van der Waals surface area contributed by atoms with Gasteiger partial charge < -0.3 is 10.2 Å². The highest BCUT2D eigenvalue weighted by Crippen LogP contribution is 2.38. The van der Waals surface area contributed by atoms with Gasteiger partial charge in [-0.3, -0.25) is 9.59 Å². The molecule has 1 aliphatic heterocycles. The molecule has 0 unspecified atom stereocenters. The van der Waals surface area contributed by atoms with E-state index in [1.54, 1.807) is 6.07 Å². The number of fused-ring (bicyclic) bond motifs is 1. The molecule has 0 aromatic heterocycles. The largest absolute Gasteiger partial charge is 0.326 e. The Morgan fingerprint density at radius 2 is 1.93 bits per heavy atom. The normalized spacial score (nSPS) is 13.3. The van der Waals surface area contributed by atoms with Gasteiger partial charge in [-0.05, 0) is 42.2 Å². The number of carbonyl (C=O) groups is 2. The average Bonchev–Trinajstić information content (AvgIpc) is 3.10. The number of nitrogens with one attached hydrogen (secondary N) is 1. The van der Waals surface area contributed by atoms with Crippen LogP contribution in [0.5, 0.6) is 0 Å². The Balaban J connectivity index is 1.80. The van der Waals surface area contributed by atoms with Crippen molar-refractivity contribution in [3.05, 3.63) is 52.0 Å². The van der Waals surface area contributed by atoms with E-state index in [1.165, 1.54) is 17.9 Å². The summed E-state index contributed by atoms with van der Waals surface area (Å²) in [6, 6.07) is 10.8. The van der Waals surface area contributed by atoms with Crippen molar-refractivity contribution in [1.29, 1.82) is 0 Å². The molecule has 0 radical (unpaired) electrons. The van der Waals surface area contributed by atoms with E-state index in [1.807, 2.05) is 31.2 Å². The minimum atomic E-state index is -3.76. The molecule has 0 bridgehead atoms. The van der Waals surface area contributed by atoms with E-state index in [0.29, 0.717) is 28.8 Å². The number of amides is 2. The summed E-state index contributed by atoms with van der Waals surface area (Å²) >= 11 is 3.36. The minimum absolute atomic E-state index is 0.0938. The lowest BCUT2D eigenvalue weighted by Gasteiger charge is -2.19. The number of anilines is 2. The number of hydrogen-bond acceptors (Lipinski definition) is 4. The molecule has 29 heavy (non-hydrogen) atoms. The van der Waals surface area contributed by atoms with Crippen LogP contribution in [0.15, 0.2) is 45.8 Å². The van der Waals surface area contributed by atoms with Crippen LogP contribution >= 0.6 is 15.9 Å². The van der Waals surface area contributed by atoms with Gasteiger partial charge in [-0.25, -0.2) is 8.42 Å². The summed E-state index contributed by atoms with van der Waals surface area (Å²) in [5.41, 5.74) is 2.95. The van der Waals surface area contributed by atoms with Gasteiger partial charge in [-0.2, -0.15) is 0 Å². The lowest BCUT2D eigenvalue weighted by atomic mass is 10.1. The summed E-state index contributed by atoms with van der Waals surface area (Å²) in [6.45, 7) is 3.87. The highest BCUT2D eigenvalue weighted by Gasteiger charge is 2.31. The van der Waals surface area contributed by atoms with E-state index in [0.717, 1.165) is 17.5 Å². The van der Waals surface area contributed by atoms with Crippen molar-refractivity contribution in [2.75, 3.05) is 22.5 Å². The highest BCUT2D eigenvalue weighted by atomic mass is 79.9. The summed E-state index contributed by atoms with van der Waals surface area (Å²) < 4.78 is 26.7. The lowest BCUT2D eigenvalue weighted by Crippen LogP contribution is -2.28. The fraction of sp³-hybridized carbons (Fsp3) is 0.333. The maximum absolute atomic E-state index is 13.1. The zero-order valence-corrected chi connectivity index (χ0v) is 18.8. The minimum Gasteiger partial charge on any atom is -0.326 e. The zero-order valence-electron chi connectivity index (χ0n) is 16.4. The molecule has 1 aliphatic rings. The molecule has 154 valence electrons. The second-order valence-corrected chi connectivity index (χ2v) is 9.95. The van der Waals surface area contributed by atoms with E-state index in [9.17, 15) is 18.0 Å². The first-order chi connectivity index (χ1) is 13.7. The Hall–Kier alpha value is -2.19. The summed E-state index contributed by atoms with van der Waals surface area (Å²) in [5.74, 6) is -0.886. The van der Waals surface area contributed by atoms with Crippen LogP contribution in [-0.4, -0.2) is 32.5 Å². The first-order valence-corrected chi connectivity index (χ1v) is 11.9. The first kappa shape index (κ1) is 21.5. The SMILES string of the molecule is CCc1ccccc1NC(=O)CCS(=O)(=O)c1cc(Br)cc2c1N(C(C)=O)CC2. The van der Waals surface area contributed by atoms with Crippen molar-refractivity contribution in [3.63, 3.8) is 0 Å². The van der Waals surface area contributed by atoms with Crippen molar-refractivity contribution >= 4 is 49.0 Å². The summed E-state index contributed by atoms with van der Waals surface area (Å²) in [6.07, 6.45) is 1.20. The number of rotatable bonds is 6. The van der Waals surface area contributed by atoms with Gasteiger partial charge in [0.1, 0.15) is 0 Å². The van der Waals surface area contributed by atoms with Crippen LogP contribution in [0, 0.1) is 0 Å². The number of halogens is 1. The quantitative estimate of drug-likeness (QED) is 0.685. The maximum atomic E-state index is 13.1. The fourth-order valence-electron chi connectivity index (χ4n) is 3.52. The van der Waals surface area contributed by atoms with Crippen LogP contribution < -0.4 is 10.2 Å². The molecule has 6 nitrogen and oxygen atoms in total. The molecule has 2 amide bonds. The molecule has 1 N–H and O–H groups in total. The zero-order chi connectivity index (χ0) is 21.2. The van der Waals surface area contributed by atoms with Gasteiger partial charge in [0.2, 0.25) is 11.8 Å². The molecule has 0 atom stereocenters. The van der Waals surface area contributed by atoms with Crippen molar-refractivity contribution in [2.45, 2.75) is 38.0 Å².